The normalized spacial score (nSPS) is 14.2. The SMILES string of the molecule is O=C(Nc1c[nH]c2ncc(-c3ccc(CN4CCOCC4)cc3)cc12)c1cnn(Cc2ccccc2)c1. The predicted molar refractivity (Wildman–Crippen MR) is 143 cm³/mol. The van der Waals surface area contributed by atoms with Crippen LogP contribution >= 0.6 is 0 Å². The van der Waals surface area contributed by atoms with Crippen LogP contribution in [0, 0.1) is 0 Å². The highest BCUT2D eigenvalue weighted by atomic mass is 16.5. The van der Waals surface area contributed by atoms with E-state index in [9.17, 15) is 4.79 Å². The molecule has 2 N–H and O–H groups in total. The summed E-state index contributed by atoms with van der Waals surface area (Å²) in [6, 6.07) is 20.7. The van der Waals surface area contributed by atoms with Gasteiger partial charge in [-0.05, 0) is 22.8 Å². The van der Waals surface area contributed by atoms with Gasteiger partial charge in [0.25, 0.3) is 5.91 Å². The van der Waals surface area contributed by atoms with E-state index in [0.717, 1.165) is 60.6 Å². The van der Waals surface area contributed by atoms with Gasteiger partial charge >= 0.3 is 0 Å². The Labute approximate surface area is 214 Å². The Bertz CT molecular complexity index is 1500. The molecule has 186 valence electrons. The first-order chi connectivity index (χ1) is 18.2. The van der Waals surface area contributed by atoms with E-state index < -0.39 is 0 Å². The first-order valence-electron chi connectivity index (χ1n) is 12.5. The van der Waals surface area contributed by atoms with Crippen molar-refractivity contribution in [2.24, 2.45) is 0 Å². The van der Waals surface area contributed by atoms with Gasteiger partial charge in [-0.2, -0.15) is 5.10 Å². The second-order valence-corrected chi connectivity index (χ2v) is 9.27. The smallest absolute Gasteiger partial charge is 0.258 e. The van der Waals surface area contributed by atoms with Crippen molar-refractivity contribution in [1.82, 2.24) is 24.6 Å². The molecule has 0 radical (unpaired) electrons. The second kappa shape index (κ2) is 10.4. The quantitative estimate of drug-likeness (QED) is 0.348. The Morgan fingerprint density at radius 2 is 1.73 bits per heavy atom. The summed E-state index contributed by atoms with van der Waals surface area (Å²) in [5.41, 5.74) is 6.41. The van der Waals surface area contributed by atoms with Gasteiger partial charge in [0.15, 0.2) is 0 Å². The van der Waals surface area contributed by atoms with Crippen molar-refractivity contribution in [2.75, 3.05) is 31.6 Å². The second-order valence-electron chi connectivity index (χ2n) is 9.27. The van der Waals surface area contributed by atoms with E-state index in [1.54, 1.807) is 23.3 Å². The van der Waals surface area contributed by atoms with Gasteiger partial charge < -0.3 is 15.0 Å². The fourth-order valence-corrected chi connectivity index (χ4v) is 4.62. The molecule has 4 heterocycles. The van der Waals surface area contributed by atoms with Crippen LogP contribution in [0.2, 0.25) is 0 Å². The van der Waals surface area contributed by atoms with Crippen LogP contribution in [-0.2, 0) is 17.8 Å². The Morgan fingerprint density at radius 1 is 0.946 bits per heavy atom. The lowest BCUT2D eigenvalue weighted by Crippen LogP contribution is -2.35. The van der Waals surface area contributed by atoms with Crippen LogP contribution in [0.25, 0.3) is 22.2 Å². The third kappa shape index (κ3) is 5.30. The lowest BCUT2D eigenvalue weighted by Gasteiger charge is -2.26. The van der Waals surface area contributed by atoms with E-state index >= 15 is 0 Å². The molecule has 1 amide bonds. The number of H-pyrrole nitrogens is 1. The summed E-state index contributed by atoms with van der Waals surface area (Å²) in [4.78, 5) is 23.1. The maximum absolute atomic E-state index is 13.0. The summed E-state index contributed by atoms with van der Waals surface area (Å²) in [6.07, 6.45) is 6.99. The molecule has 37 heavy (non-hydrogen) atoms. The number of nitrogens with one attached hydrogen (secondary N) is 2. The highest BCUT2D eigenvalue weighted by Crippen LogP contribution is 2.28. The Kier molecular flexibility index (Phi) is 6.49. The van der Waals surface area contributed by atoms with E-state index in [1.165, 1.54) is 5.56 Å². The van der Waals surface area contributed by atoms with E-state index in [2.05, 4.69) is 55.6 Å². The van der Waals surface area contributed by atoms with E-state index in [4.69, 9.17) is 4.74 Å². The van der Waals surface area contributed by atoms with Gasteiger partial charge in [0.2, 0.25) is 0 Å². The molecule has 1 fully saturated rings. The molecule has 0 saturated carbocycles. The number of hydrogen-bond donors (Lipinski definition) is 2. The number of ether oxygens (including phenoxy) is 1. The predicted octanol–water partition coefficient (Wildman–Crippen LogP) is 4.56. The number of amides is 1. The minimum absolute atomic E-state index is 0.210. The number of fused-ring (bicyclic) bond motifs is 1. The number of rotatable bonds is 7. The topological polar surface area (TPSA) is 88.1 Å². The highest BCUT2D eigenvalue weighted by molar-refractivity contribution is 6.08. The van der Waals surface area contributed by atoms with Crippen molar-refractivity contribution in [3.63, 3.8) is 0 Å². The Hall–Kier alpha value is -4.27. The van der Waals surface area contributed by atoms with Crippen LogP contribution in [0.4, 0.5) is 5.69 Å². The summed E-state index contributed by atoms with van der Waals surface area (Å²) in [6.45, 7) is 5.08. The minimum atomic E-state index is -0.210. The molecule has 6 rings (SSSR count). The van der Waals surface area contributed by atoms with Crippen LogP contribution < -0.4 is 5.32 Å². The zero-order valence-electron chi connectivity index (χ0n) is 20.4. The molecule has 0 unspecified atom stereocenters. The van der Waals surface area contributed by atoms with Crippen molar-refractivity contribution in [2.45, 2.75) is 13.1 Å². The molecular weight excluding hydrogens is 464 g/mol. The number of benzene rings is 2. The number of aromatic amines is 1. The monoisotopic (exact) mass is 492 g/mol. The third-order valence-corrected chi connectivity index (χ3v) is 6.66. The molecule has 0 bridgehead atoms. The molecule has 1 saturated heterocycles. The van der Waals surface area contributed by atoms with Gasteiger partial charge in [0, 0.05) is 49.2 Å². The molecule has 1 aliphatic heterocycles. The number of carbonyl (C=O) groups is 1. The average molecular weight is 493 g/mol. The first kappa shape index (κ1) is 23.1. The Morgan fingerprint density at radius 3 is 2.54 bits per heavy atom. The largest absolute Gasteiger partial charge is 0.379 e. The van der Waals surface area contributed by atoms with Gasteiger partial charge in [-0.1, -0.05) is 54.6 Å². The molecule has 2 aromatic carbocycles. The Balaban J connectivity index is 1.16. The summed E-state index contributed by atoms with van der Waals surface area (Å²) in [5.74, 6) is -0.210. The van der Waals surface area contributed by atoms with Gasteiger partial charge in [-0.15, -0.1) is 0 Å². The van der Waals surface area contributed by atoms with Crippen molar-refractivity contribution in [3.8, 4) is 11.1 Å². The molecule has 5 aromatic rings. The number of anilines is 1. The summed E-state index contributed by atoms with van der Waals surface area (Å²) >= 11 is 0. The number of carbonyl (C=O) groups excluding carboxylic acids is 1. The lowest BCUT2D eigenvalue weighted by molar-refractivity contribution is 0.0342. The van der Waals surface area contributed by atoms with Crippen LogP contribution in [0.5, 0.6) is 0 Å². The first-order valence-corrected chi connectivity index (χ1v) is 12.5. The molecular formula is C29H28N6O2. The fraction of sp³-hybridized carbons (Fsp3) is 0.207. The van der Waals surface area contributed by atoms with Gasteiger partial charge in [0.05, 0.1) is 37.2 Å². The zero-order valence-corrected chi connectivity index (χ0v) is 20.4. The van der Waals surface area contributed by atoms with Crippen LogP contribution in [0.3, 0.4) is 0 Å². The summed E-state index contributed by atoms with van der Waals surface area (Å²) in [5, 5.41) is 8.22. The van der Waals surface area contributed by atoms with E-state index in [1.807, 2.05) is 36.5 Å². The van der Waals surface area contributed by atoms with Gasteiger partial charge in [0.1, 0.15) is 5.65 Å². The molecule has 8 nitrogen and oxygen atoms in total. The molecule has 0 atom stereocenters. The zero-order chi connectivity index (χ0) is 25.0. The maximum atomic E-state index is 13.0. The van der Waals surface area contributed by atoms with Crippen molar-refractivity contribution < 1.29 is 9.53 Å². The van der Waals surface area contributed by atoms with Gasteiger partial charge in [-0.3, -0.25) is 14.4 Å². The highest BCUT2D eigenvalue weighted by Gasteiger charge is 2.14. The summed E-state index contributed by atoms with van der Waals surface area (Å²) in [7, 11) is 0. The van der Waals surface area contributed by atoms with Crippen LogP contribution in [0.15, 0.2) is 85.5 Å². The maximum Gasteiger partial charge on any atom is 0.258 e. The van der Waals surface area contributed by atoms with Crippen molar-refractivity contribution in [3.05, 3.63) is 102 Å². The van der Waals surface area contributed by atoms with Crippen LogP contribution in [-0.4, -0.2) is 56.9 Å². The molecule has 0 spiro atoms. The average Bonchev–Trinajstić information content (AvgIpc) is 3.57. The number of nitrogens with zero attached hydrogens (tertiary/aromatic N) is 4. The molecule has 8 heteroatoms. The standard InChI is InChI=1S/C29H28N6O2/c36-29(25-16-32-35(20-25)19-21-4-2-1-3-5-21)33-27-17-31-28-26(27)14-24(15-30-28)23-8-6-22(7-9-23)18-34-10-12-37-13-11-34/h1-9,14-17,20H,10-13,18-19H2,(H,30,31)(H,33,36). The lowest BCUT2D eigenvalue weighted by atomic mass is 10.0. The van der Waals surface area contributed by atoms with Gasteiger partial charge in [-0.25, -0.2) is 4.98 Å². The fourth-order valence-electron chi connectivity index (χ4n) is 4.62. The number of hydrogen-bond acceptors (Lipinski definition) is 5. The number of pyridine rings is 1. The minimum Gasteiger partial charge on any atom is -0.379 e. The van der Waals surface area contributed by atoms with Crippen molar-refractivity contribution in [1.29, 1.82) is 0 Å². The van der Waals surface area contributed by atoms with Crippen LogP contribution in [0.1, 0.15) is 21.5 Å². The van der Waals surface area contributed by atoms with E-state index in [0.29, 0.717) is 17.8 Å². The number of aromatic nitrogens is 4. The molecule has 0 aliphatic carbocycles. The van der Waals surface area contributed by atoms with Crippen molar-refractivity contribution >= 4 is 22.6 Å². The molecule has 1 aliphatic rings. The summed E-state index contributed by atoms with van der Waals surface area (Å²) < 4.78 is 7.21. The number of morpholine rings is 1. The van der Waals surface area contributed by atoms with E-state index in [-0.39, 0.29) is 5.91 Å². The third-order valence-electron chi connectivity index (χ3n) is 6.66. The molecule has 3 aromatic heterocycles.